The molecule has 90 valence electrons. The lowest BCUT2D eigenvalue weighted by Crippen LogP contribution is -2.16. The Hall–Kier alpha value is -0.580. The highest BCUT2D eigenvalue weighted by Gasteiger charge is 2.17. The lowest BCUT2D eigenvalue weighted by Gasteiger charge is -2.18. The van der Waals surface area contributed by atoms with Gasteiger partial charge in [-0.2, -0.15) is 0 Å². The lowest BCUT2D eigenvalue weighted by atomic mass is 10.1. The Morgan fingerprint density at radius 1 is 1.31 bits per heavy atom. The SMILES string of the molecule is CC(O)C(C)Sc1cccc(F)c1[C@H](C)N. The van der Waals surface area contributed by atoms with Gasteiger partial charge in [0, 0.05) is 21.8 Å². The summed E-state index contributed by atoms with van der Waals surface area (Å²) in [7, 11) is 0. The molecule has 0 aliphatic heterocycles. The summed E-state index contributed by atoms with van der Waals surface area (Å²) in [6.45, 7) is 5.39. The van der Waals surface area contributed by atoms with Gasteiger partial charge in [0.1, 0.15) is 5.82 Å². The summed E-state index contributed by atoms with van der Waals surface area (Å²) < 4.78 is 13.6. The molecule has 4 heteroatoms. The first kappa shape index (κ1) is 13.5. The van der Waals surface area contributed by atoms with Crippen LogP contribution in [0.2, 0.25) is 0 Å². The average Bonchev–Trinajstić information content (AvgIpc) is 2.16. The molecule has 1 aromatic carbocycles. The predicted molar refractivity (Wildman–Crippen MR) is 66.0 cm³/mol. The maximum absolute atomic E-state index is 13.6. The molecule has 0 aliphatic carbocycles. The third kappa shape index (κ3) is 3.20. The van der Waals surface area contributed by atoms with Crippen LogP contribution in [0.5, 0.6) is 0 Å². The first-order valence-corrected chi connectivity index (χ1v) is 6.20. The van der Waals surface area contributed by atoms with Crippen molar-refractivity contribution in [3.63, 3.8) is 0 Å². The summed E-state index contributed by atoms with van der Waals surface area (Å²) in [4.78, 5) is 0.809. The Bertz CT molecular complexity index is 355. The molecule has 0 aromatic heterocycles. The van der Waals surface area contributed by atoms with Crippen LogP contribution in [0.3, 0.4) is 0 Å². The Morgan fingerprint density at radius 2 is 1.94 bits per heavy atom. The van der Waals surface area contributed by atoms with Gasteiger partial charge in [-0.15, -0.1) is 11.8 Å². The smallest absolute Gasteiger partial charge is 0.129 e. The fourth-order valence-corrected chi connectivity index (χ4v) is 2.53. The van der Waals surface area contributed by atoms with Gasteiger partial charge in [-0.3, -0.25) is 0 Å². The van der Waals surface area contributed by atoms with Gasteiger partial charge in [-0.1, -0.05) is 13.0 Å². The van der Waals surface area contributed by atoms with E-state index in [1.807, 2.05) is 13.0 Å². The Labute approximate surface area is 100 Å². The molecule has 1 rings (SSSR count). The van der Waals surface area contributed by atoms with E-state index in [1.165, 1.54) is 17.8 Å². The fraction of sp³-hybridized carbons (Fsp3) is 0.500. The average molecular weight is 243 g/mol. The lowest BCUT2D eigenvalue weighted by molar-refractivity contribution is 0.196. The van der Waals surface area contributed by atoms with E-state index >= 15 is 0 Å². The van der Waals surface area contributed by atoms with E-state index in [9.17, 15) is 9.50 Å². The van der Waals surface area contributed by atoms with Crippen LogP contribution in [0.4, 0.5) is 4.39 Å². The fourth-order valence-electron chi connectivity index (χ4n) is 1.36. The zero-order valence-electron chi connectivity index (χ0n) is 9.77. The zero-order chi connectivity index (χ0) is 12.3. The van der Waals surface area contributed by atoms with Crippen LogP contribution in [0, 0.1) is 5.82 Å². The minimum absolute atomic E-state index is 0.0132. The summed E-state index contributed by atoms with van der Waals surface area (Å²) in [5, 5.41) is 9.45. The van der Waals surface area contributed by atoms with E-state index in [-0.39, 0.29) is 17.1 Å². The molecule has 3 N–H and O–H groups in total. The molecule has 0 saturated heterocycles. The third-order valence-corrected chi connectivity index (χ3v) is 3.84. The van der Waals surface area contributed by atoms with Crippen molar-refractivity contribution < 1.29 is 9.50 Å². The molecular weight excluding hydrogens is 225 g/mol. The second-order valence-corrected chi connectivity index (χ2v) is 5.42. The number of nitrogens with two attached hydrogens (primary N) is 1. The van der Waals surface area contributed by atoms with E-state index in [4.69, 9.17) is 5.73 Å². The molecular formula is C12H18FNOS. The number of halogens is 1. The second-order valence-electron chi connectivity index (χ2n) is 4.00. The van der Waals surface area contributed by atoms with Gasteiger partial charge in [-0.25, -0.2) is 4.39 Å². The monoisotopic (exact) mass is 243 g/mol. The molecule has 1 aromatic rings. The van der Waals surface area contributed by atoms with Gasteiger partial charge < -0.3 is 10.8 Å². The molecule has 0 heterocycles. The van der Waals surface area contributed by atoms with Crippen LogP contribution in [0.25, 0.3) is 0 Å². The number of rotatable bonds is 4. The van der Waals surface area contributed by atoms with Gasteiger partial charge in [0.05, 0.1) is 6.10 Å². The molecule has 0 amide bonds. The van der Waals surface area contributed by atoms with Gasteiger partial charge >= 0.3 is 0 Å². The minimum Gasteiger partial charge on any atom is -0.392 e. The number of benzene rings is 1. The second kappa shape index (κ2) is 5.66. The highest BCUT2D eigenvalue weighted by Crippen LogP contribution is 2.32. The highest BCUT2D eigenvalue weighted by molar-refractivity contribution is 8.00. The number of aliphatic hydroxyl groups is 1. The zero-order valence-corrected chi connectivity index (χ0v) is 10.6. The number of thioether (sulfide) groups is 1. The minimum atomic E-state index is -0.436. The Morgan fingerprint density at radius 3 is 2.44 bits per heavy atom. The van der Waals surface area contributed by atoms with Gasteiger partial charge in [0.2, 0.25) is 0 Å². The molecule has 0 radical (unpaired) electrons. The summed E-state index contributed by atoms with van der Waals surface area (Å²) >= 11 is 1.45. The first-order chi connectivity index (χ1) is 7.43. The molecule has 0 saturated carbocycles. The van der Waals surface area contributed by atoms with E-state index < -0.39 is 6.10 Å². The summed E-state index contributed by atoms with van der Waals surface area (Å²) in [5.41, 5.74) is 6.28. The largest absolute Gasteiger partial charge is 0.392 e. The van der Waals surface area contributed by atoms with Crippen LogP contribution in [0.1, 0.15) is 32.4 Å². The summed E-state index contributed by atoms with van der Waals surface area (Å²) in [6, 6.07) is 4.57. The van der Waals surface area contributed by atoms with Gasteiger partial charge in [0.15, 0.2) is 0 Å². The van der Waals surface area contributed by atoms with Crippen molar-refractivity contribution in [3.8, 4) is 0 Å². The molecule has 2 nitrogen and oxygen atoms in total. The Kier molecular flexibility index (Phi) is 4.77. The van der Waals surface area contributed by atoms with Crippen molar-refractivity contribution in [2.45, 2.75) is 43.1 Å². The molecule has 16 heavy (non-hydrogen) atoms. The molecule has 0 fully saturated rings. The van der Waals surface area contributed by atoms with Gasteiger partial charge in [0.25, 0.3) is 0 Å². The highest BCUT2D eigenvalue weighted by atomic mass is 32.2. The van der Waals surface area contributed by atoms with Crippen LogP contribution >= 0.6 is 11.8 Å². The van der Waals surface area contributed by atoms with Crippen molar-refractivity contribution in [1.29, 1.82) is 0 Å². The van der Waals surface area contributed by atoms with Gasteiger partial charge in [-0.05, 0) is 26.0 Å². The summed E-state index contributed by atoms with van der Waals surface area (Å²) in [5.74, 6) is -0.280. The summed E-state index contributed by atoms with van der Waals surface area (Å²) in [6.07, 6.45) is -0.436. The first-order valence-electron chi connectivity index (χ1n) is 5.32. The van der Waals surface area contributed by atoms with Crippen molar-refractivity contribution in [2.75, 3.05) is 0 Å². The number of hydrogen-bond donors (Lipinski definition) is 2. The maximum Gasteiger partial charge on any atom is 0.129 e. The topological polar surface area (TPSA) is 46.2 Å². The van der Waals surface area contributed by atoms with Crippen molar-refractivity contribution in [1.82, 2.24) is 0 Å². The van der Waals surface area contributed by atoms with Crippen LogP contribution < -0.4 is 5.73 Å². The molecule has 3 atom stereocenters. The standard InChI is InChI=1S/C12H18FNOS/c1-7(14)12-10(13)5-4-6-11(12)16-9(3)8(2)15/h4-9,15H,14H2,1-3H3/t7-,8?,9?/m0/s1. The predicted octanol–water partition coefficient (Wildman–Crippen LogP) is 2.71. The van der Waals surface area contributed by atoms with Crippen LogP contribution in [0.15, 0.2) is 23.1 Å². The van der Waals surface area contributed by atoms with E-state index in [1.54, 1.807) is 19.9 Å². The van der Waals surface area contributed by atoms with Crippen LogP contribution in [-0.2, 0) is 0 Å². The third-order valence-electron chi connectivity index (χ3n) is 2.46. The molecule has 0 spiro atoms. The van der Waals surface area contributed by atoms with Crippen molar-refractivity contribution in [2.24, 2.45) is 5.73 Å². The van der Waals surface area contributed by atoms with Crippen LogP contribution in [-0.4, -0.2) is 16.5 Å². The van der Waals surface area contributed by atoms with E-state index in [0.29, 0.717) is 5.56 Å². The maximum atomic E-state index is 13.6. The Balaban J connectivity index is 2.99. The molecule has 0 bridgehead atoms. The van der Waals surface area contributed by atoms with E-state index in [0.717, 1.165) is 4.90 Å². The normalized spacial score (nSPS) is 16.9. The number of hydrogen-bond acceptors (Lipinski definition) is 3. The van der Waals surface area contributed by atoms with Crippen molar-refractivity contribution in [3.05, 3.63) is 29.6 Å². The van der Waals surface area contributed by atoms with E-state index in [2.05, 4.69) is 0 Å². The van der Waals surface area contributed by atoms with Crippen molar-refractivity contribution >= 4 is 11.8 Å². The molecule has 2 unspecified atom stereocenters. The quantitative estimate of drug-likeness (QED) is 0.799. The molecule has 0 aliphatic rings. The number of aliphatic hydroxyl groups excluding tert-OH is 1.